The van der Waals surface area contributed by atoms with Crippen molar-refractivity contribution in [1.82, 2.24) is 4.98 Å². The Morgan fingerprint density at radius 3 is 2.82 bits per heavy atom. The minimum atomic E-state index is -0.566. The lowest BCUT2D eigenvalue weighted by Gasteiger charge is -2.15. The quantitative estimate of drug-likeness (QED) is 0.796. The standard InChI is InChI=1S/C13H17NO3/c1-7(2)8-4-5-11-9(8)6-10(12(15)14-11)13(16)17-3/h6-8H,4-5H2,1-3H3,(H,14,15). The number of pyridine rings is 1. The van der Waals surface area contributed by atoms with Gasteiger partial charge in [-0.15, -0.1) is 0 Å². The van der Waals surface area contributed by atoms with Crippen LogP contribution in [0.5, 0.6) is 0 Å². The van der Waals surface area contributed by atoms with E-state index in [9.17, 15) is 9.59 Å². The van der Waals surface area contributed by atoms with E-state index < -0.39 is 5.97 Å². The maximum absolute atomic E-state index is 11.7. The number of nitrogens with one attached hydrogen (secondary N) is 1. The highest BCUT2D eigenvalue weighted by Gasteiger charge is 2.28. The fourth-order valence-corrected chi connectivity index (χ4v) is 2.53. The molecule has 2 rings (SSSR count). The Labute approximate surface area is 100 Å². The van der Waals surface area contributed by atoms with Gasteiger partial charge in [-0.1, -0.05) is 13.8 Å². The van der Waals surface area contributed by atoms with E-state index in [0.29, 0.717) is 11.8 Å². The summed E-state index contributed by atoms with van der Waals surface area (Å²) < 4.78 is 4.61. The summed E-state index contributed by atoms with van der Waals surface area (Å²) in [5.41, 5.74) is 1.83. The average molecular weight is 235 g/mol. The van der Waals surface area contributed by atoms with Crippen LogP contribution in [0.1, 0.15) is 47.8 Å². The van der Waals surface area contributed by atoms with Gasteiger partial charge in [0.2, 0.25) is 0 Å². The second kappa shape index (κ2) is 4.35. The summed E-state index contributed by atoms with van der Waals surface area (Å²) in [6.45, 7) is 4.31. The number of hydrogen-bond donors (Lipinski definition) is 1. The Hall–Kier alpha value is -1.58. The number of fused-ring (bicyclic) bond motifs is 1. The number of hydrogen-bond acceptors (Lipinski definition) is 3. The number of methoxy groups -OCH3 is 1. The molecule has 1 aromatic rings. The molecule has 4 nitrogen and oxygen atoms in total. The van der Waals surface area contributed by atoms with E-state index in [-0.39, 0.29) is 11.1 Å². The molecule has 0 fully saturated rings. The molecule has 17 heavy (non-hydrogen) atoms. The van der Waals surface area contributed by atoms with Crippen LogP contribution >= 0.6 is 0 Å². The van der Waals surface area contributed by atoms with E-state index in [4.69, 9.17) is 0 Å². The Kier molecular flexibility index (Phi) is 3.05. The van der Waals surface area contributed by atoms with Crippen LogP contribution in [0.15, 0.2) is 10.9 Å². The van der Waals surface area contributed by atoms with Crippen LogP contribution < -0.4 is 5.56 Å². The highest BCUT2D eigenvalue weighted by molar-refractivity contribution is 5.89. The maximum atomic E-state index is 11.7. The zero-order valence-electron chi connectivity index (χ0n) is 10.4. The second-order valence-corrected chi connectivity index (χ2v) is 4.83. The van der Waals surface area contributed by atoms with E-state index >= 15 is 0 Å². The molecule has 0 saturated heterocycles. The van der Waals surface area contributed by atoms with E-state index in [1.165, 1.54) is 7.11 Å². The number of ether oxygens (including phenoxy) is 1. The van der Waals surface area contributed by atoms with Gasteiger partial charge in [0, 0.05) is 5.69 Å². The van der Waals surface area contributed by atoms with Crippen molar-refractivity contribution in [3.8, 4) is 0 Å². The fraction of sp³-hybridized carbons (Fsp3) is 0.538. The molecule has 1 unspecified atom stereocenters. The van der Waals surface area contributed by atoms with Gasteiger partial charge in [0.05, 0.1) is 7.11 Å². The molecular weight excluding hydrogens is 218 g/mol. The Balaban J connectivity index is 2.51. The third-order valence-electron chi connectivity index (χ3n) is 3.47. The van der Waals surface area contributed by atoms with Gasteiger partial charge in [0.1, 0.15) is 5.56 Å². The summed E-state index contributed by atoms with van der Waals surface area (Å²) >= 11 is 0. The largest absolute Gasteiger partial charge is 0.465 e. The van der Waals surface area contributed by atoms with E-state index in [1.54, 1.807) is 6.07 Å². The first-order valence-electron chi connectivity index (χ1n) is 5.89. The van der Waals surface area contributed by atoms with Crippen molar-refractivity contribution in [2.75, 3.05) is 7.11 Å². The fourth-order valence-electron chi connectivity index (χ4n) is 2.53. The Bertz CT molecular complexity index is 502. The van der Waals surface area contributed by atoms with Crippen LogP contribution in [0.3, 0.4) is 0 Å². The summed E-state index contributed by atoms with van der Waals surface area (Å²) in [5, 5.41) is 0. The molecular formula is C13H17NO3. The van der Waals surface area contributed by atoms with Gasteiger partial charge in [-0.05, 0) is 36.3 Å². The number of aromatic amines is 1. The van der Waals surface area contributed by atoms with Crippen molar-refractivity contribution in [2.45, 2.75) is 32.6 Å². The molecule has 0 amide bonds. The van der Waals surface area contributed by atoms with E-state index in [2.05, 4.69) is 23.6 Å². The molecule has 0 radical (unpaired) electrons. The molecule has 1 aromatic heterocycles. The zero-order chi connectivity index (χ0) is 12.6. The molecule has 0 saturated carbocycles. The summed E-state index contributed by atoms with van der Waals surface area (Å²) in [5.74, 6) is 0.362. The predicted octanol–water partition coefficient (Wildman–Crippen LogP) is 1.85. The van der Waals surface area contributed by atoms with Crippen LogP contribution in [0, 0.1) is 5.92 Å². The Morgan fingerprint density at radius 2 is 2.24 bits per heavy atom. The summed E-state index contributed by atoms with van der Waals surface area (Å²) in [6.07, 6.45) is 1.92. The summed E-state index contributed by atoms with van der Waals surface area (Å²) in [4.78, 5) is 26.0. The lowest BCUT2D eigenvalue weighted by molar-refractivity contribution is 0.0598. The molecule has 1 heterocycles. The van der Waals surface area contributed by atoms with Gasteiger partial charge >= 0.3 is 5.97 Å². The first-order chi connectivity index (χ1) is 8.04. The van der Waals surface area contributed by atoms with Crippen molar-refractivity contribution in [3.63, 3.8) is 0 Å². The number of H-pyrrole nitrogens is 1. The molecule has 1 aliphatic rings. The van der Waals surface area contributed by atoms with Crippen molar-refractivity contribution < 1.29 is 9.53 Å². The van der Waals surface area contributed by atoms with Crippen molar-refractivity contribution in [3.05, 3.63) is 33.2 Å². The van der Waals surface area contributed by atoms with Crippen molar-refractivity contribution in [1.29, 1.82) is 0 Å². The molecule has 0 bridgehead atoms. The normalized spacial score (nSPS) is 18.2. The van der Waals surface area contributed by atoms with Gasteiger partial charge in [0.25, 0.3) is 5.56 Å². The van der Waals surface area contributed by atoms with E-state index in [1.807, 2.05) is 0 Å². The molecule has 92 valence electrons. The monoisotopic (exact) mass is 235 g/mol. The topological polar surface area (TPSA) is 59.2 Å². The molecule has 0 aliphatic heterocycles. The first kappa shape index (κ1) is 11.9. The number of esters is 1. The van der Waals surface area contributed by atoms with Crippen molar-refractivity contribution >= 4 is 5.97 Å². The summed E-state index contributed by atoms with van der Waals surface area (Å²) in [7, 11) is 1.29. The minimum Gasteiger partial charge on any atom is -0.465 e. The molecule has 1 atom stereocenters. The molecule has 0 aromatic carbocycles. The SMILES string of the molecule is COC(=O)c1cc2c([nH]c1=O)CCC2C(C)C. The number of carbonyl (C=O) groups excluding carboxylic acids is 1. The second-order valence-electron chi connectivity index (χ2n) is 4.83. The van der Waals surface area contributed by atoms with Crippen LogP contribution in [-0.4, -0.2) is 18.1 Å². The number of carbonyl (C=O) groups is 1. The van der Waals surface area contributed by atoms with Gasteiger partial charge in [0.15, 0.2) is 0 Å². The van der Waals surface area contributed by atoms with Gasteiger partial charge < -0.3 is 9.72 Å². The maximum Gasteiger partial charge on any atom is 0.343 e. The minimum absolute atomic E-state index is 0.110. The molecule has 1 aliphatic carbocycles. The zero-order valence-corrected chi connectivity index (χ0v) is 10.4. The highest BCUT2D eigenvalue weighted by Crippen LogP contribution is 2.36. The lowest BCUT2D eigenvalue weighted by atomic mass is 9.90. The third-order valence-corrected chi connectivity index (χ3v) is 3.47. The highest BCUT2D eigenvalue weighted by atomic mass is 16.5. The molecule has 0 spiro atoms. The number of rotatable bonds is 2. The number of aromatic nitrogens is 1. The van der Waals surface area contributed by atoms with E-state index in [0.717, 1.165) is 24.1 Å². The Morgan fingerprint density at radius 1 is 1.53 bits per heavy atom. The lowest BCUT2D eigenvalue weighted by Crippen LogP contribution is -2.21. The smallest absolute Gasteiger partial charge is 0.343 e. The summed E-state index contributed by atoms with van der Waals surface area (Å²) in [6, 6.07) is 1.71. The van der Waals surface area contributed by atoms with Gasteiger partial charge in [-0.3, -0.25) is 4.79 Å². The van der Waals surface area contributed by atoms with Crippen LogP contribution in [-0.2, 0) is 11.2 Å². The van der Waals surface area contributed by atoms with Crippen molar-refractivity contribution in [2.24, 2.45) is 5.92 Å². The first-order valence-corrected chi connectivity index (χ1v) is 5.89. The van der Waals surface area contributed by atoms with Crippen LogP contribution in [0.25, 0.3) is 0 Å². The van der Waals surface area contributed by atoms with Crippen LogP contribution in [0.4, 0.5) is 0 Å². The van der Waals surface area contributed by atoms with Crippen LogP contribution in [0.2, 0.25) is 0 Å². The van der Waals surface area contributed by atoms with Gasteiger partial charge in [-0.2, -0.15) is 0 Å². The third kappa shape index (κ3) is 1.99. The molecule has 1 N–H and O–H groups in total. The molecule has 4 heteroatoms. The average Bonchev–Trinajstić information content (AvgIpc) is 2.69. The predicted molar refractivity (Wildman–Crippen MR) is 64.3 cm³/mol. The number of aryl methyl sites for hydroxylation is 1. The van der Waals surface area contributed by atoms with Gasteiger partial charge in [-0.25, -0.2) is 4.79 Å².